The van der Waals surface area contributed by atoms with Gasteiger partial charge in [0.05, 0.1) is 18.1 Å². The summed E-state index contributed by atoms with van der Waals surface area (Å²) in [6, 6.07) is 13.0. The van der Waals surface area contributed by atoms with Gasteiger partial charge in [-0.05, 0) is 49.2 Å². The lowest BCUT2D eigenvalue weighted by Gasteiger charge is -2.14. The molecule has 0 saturated heterocycles. The number of ether oxygens (including phenoxy) is 1. The predicted octanol–water partition coefficient (Wildman–Crippen LogP) is 2.79. The number of nitrogens with zero attached hydrogens (tertiary/aromatic N) is 3. The molecular weight excluding hydrogens is 380 g/mol. The van der Waals surface area contributed by atoms with Crippen LogP contribution in [0, 0.1) is 0 Å². The standard InChI is InChI=1S/C23H24N4O3/c1-14(11-15-13-26(2)19-10-9-16(30-4)12-17(15)19)24-22(28)21-23(29)27(3)20-8-6-5-7-18(20)25-21/h5-10,12-14H,11H2,1-4H3,(H,24,28)/t14-/m0/s1. The van der Waals surface area contributed by atoms with Gasteiger partial charge in [-0.1, -0.05) is 12.1 Å². The Balaban J connectivity index is 1.59. The third kappa shape index (κ3) is 3.43. The van der Waals surface area contributed by atoms with Gasteiger partial charge >= 0.3 is 0 Å². The van der Waals surface area contributed by atoms with Crippen molar-refractivity contribution >= 4 is 27.8 Å². The van der Waals surface area contributed by atoms with E-state index in [1.165, 1.54) is 4.57 Å². The highest BCUT2D eigenvalue weighted by Crippen LogP contribution is 2.26. The van der Waals surface area contributed by atoms with E-state index < -0.39 is 11.5 Å². The average molecular weight is 404 g/mol. The molecule has 1 amide bonds. The summed E-state index contributed by atoms with van der Waals surface area (Å²) in [4.78, 5) is 29.8. The molecular formula is C23H24N4O3. The molecule has 0 fully saturated rings. The summed E-state index contributed by atoms with van der Waals surface area (Å²) in [5, 5.41) is 4.01. The zero-order chi connectivity index (χ0) is 21.4. The fraction of sp³-hybridized carbons (Fsp3) is 0.261. The number of carbonyl (C=O) groups excluding carboxylic acids is 1. The lowest BCUT2D eigenvalue weighted by molar-refractivity contribution is 0.0933. The first-order valence-electron chi connectivity index (χ1n) is 9.77. The van der Waals surface area contributed by atoms with Crippen LogP contribution in [0.15, 0.2) is 53.5 Å². The van der Waals surface area contributed by atoms with Gasteiger partial charge in [0.25, 0.3) is 11.5 Å². The van der Waals surface area contributed by atoms with Crippen LogP contribution >= 0.6 is 0 Å². The Labute approximate surface area is 173 Å². The van der Waals surface area contributed by atoms with Crippen LogP contribution < -0.4 is 15.6 Å². The molecule has 0 bridgehead atoms. The van der Waals surface area contributed by atoms with E-state index in [4.69, 9.17) is 4.74 Å². The summed E-state index contributed by atoms with van der Waals surface area (Å²) < 4.78 is 8.86. The second kappa shape index (κ2) is 7.67. The SMILES string of the molecule is COc1ccc2c(c1)c(C[C@H](C)NC(=O)c1nc3ccccc3n(C)c1=O)cn2C. The van der Waals surface area contributed by atoms with Gasteiger partial charge in [0.2, 0.25) is 0 Å². The second-order valence-electron chi connectivity index (χ2n) is 7.54. The number of para-hydroxylation sites is 2. The summed E-state index contributed by atoms with van der Waals surface area (Å²) in [7, 11) is 5.28. The van der Waals surface area contributed by atoms with Gasteiger partial charge < -0.3 is 19.2 Å². The first-order valence-corrected chi connectivity index (χ1v) is 9.77. The van der Waals surface area contributed by atoms with E-state index in [-0.39, 0.29) is 11.7 Å². The number of hydrogen-bond acceptors (Lipinski definition) is 4. The van der Waals surface area contributed by atoms with Gasteiger partial charge in [-0.15, -0.1) is 0 Å². The quantitative estimate of drug-likeness (QED) is 0.555. The van der Waals surface area contributed by atoms with Crippen LogP contribution in [0.3, 0.4) is 0 Å². The molecule has 0 aliphatic carbocycles. The number of aromatic nitrogens is 3. The van der Waals surface area contributed by atoms with Crippen LogP contribution in [0.25, 0.3) is 21.9 Å². The van der Waals surface area contributed by atoms with Crippen molar-refractivity contribution in [1.82, 2.24) is 19.4 Å². The van der Waals surface area contributed by atoms with E-state index in [1.807, 2.05) is 50.4 Å². The second-order valence-corrected chi connectivity index (χ2v) is 7.54. The number of nitrogens with one attached hydrogen (secondary N) is 1. The number of carbonyl (C=O) groups is 1. The fourth-order valence-electron chi connectivity index (χ4n) is 3.84. The Kier molecular flexibility index (Phi) is 5.03. The zero-order valence-corrected chi connectivity index (χ0v) is 17.5. The Morgan fingerprint density at radius 1 is 1.17 bits per heavy atom. The number of aryl methyl sites for hydroxylation is 2. The highest BCUT2D eigenvalue weighted by molar-refractivity contribution is 5.94. The van der Waals surface area contributed by atoms with E-state index in [2.05, 4.69) is 21.1 Å². The largest absolute Gasteiger partial charge is 0.497 e. The minimum atomic E-state index is -0.466. The summed E-state index contributed by atoms with van der Waals surface area (Å²) in [6.07, 6.45) is 2.67. The molecule has 4 aromatic rings. The summed E-state index contributed by atoms with van der Waals surface area (Å²) in [6.45, 7) is 1.92. The summed E-state index contributed by atoms with van der Waals surface area (Å²) in [5.41, 5.74) is 2.99. The number of rotatable bonds is 5. The predicted molar refractivity (Wildman–Crippen MR) is 117 cm³/mol. The molecule has 7 nitrogen and oxygen atoms in total. The molecule has 1 N–H and O–H groups in total. The molecule has 2 heterocycles. The van der Waals surface area contributed by atoms with E-state index in [0.717, 1.165) is 22.2 Å². The van der Waals surface area contributed by atoms with Crippen LogP contribution in [0.5, 0.6) is 5.75 Å². The topological polar surface area (TPSA) is 78.2 Å². The smallest absolute Gasteiger partial charge is 0.282 e. The maximum atomic E-state index is 12.8. The Morgan fingerprint density at radius 3 is 2.70 bits per heavy atom. The van der Waals surface area contributed by atoms with Crippen molar-refractivity contribution < 1.29 is 9.53 Å². The van der Waals surface area contributed by atoms with Crippen molar-refractivity contribution in [3.05, 3.63) is 70.3 Å². The molecule has 0 aliphatic heterocycles. The van der Waals surface area contributed by atoms with Crippen LogP contribution in [-0.2, 0) is 20.5 Å². The zero-order valence-electron chi connectivity index (χ0n) is 17.5. The molecule has 1 atom stereocenters. The molecule has 0 unspecified atom stereocenters. The third-order valence-electron chi connectivity index (χ3n) is 5.38. The number of methoxy groups -OCH3 is 1. The highest BCUT2D eigenvalue weighted by Gasteiger charge is 2.19. The summed E-state index contributed by atoms with van der Waals surface area (Å²) >= 11 is 0. The third-order valence-corrected chi connectivity index (χ3v) is 5.38. The molecule has 0 spiro atoms. The van der Waals surface area contributed by atoms with Crippen molar-refractivity contribution in [2.24, 2.45) is 14.1 Å². The minimum Gasteiger partial charge on any atom is -0.497 e. The van der Waals surface area contributed by atoms with Crippen molar-refractivity contribution in [2.75, 3.05) is 7.11 Å². The van der Waals surface area contributed by atoms with Crippen LogP contribution in [0.4, 0.5) is 0 Å². The van der Waals surface area contributed by atoms with Gasteiger partial charge in [-0.3, -0.25) is 9.59 Å². The molecule has 154 valence electrons. The Hall–Kier alpha value is -3.61. The molecule has 2 aromatic carbocycles. The number of amides is 1. The molecule has 0 saturated carbocycles. The van der Waals surface area contributed by atoms with E-state index in [9.17, 15) is 9.59 Å². The average Bonchev–Trinajstić information content (AvgIpc) is 3.05. The van der Waals surface area contributed by atoms with Gasteiger partial charge in [0, 0.05) is 37.2 Å². The highest BCUT2D eigenvalue weighted by atomic mass is 16.5. The maximum absolute atomic E-state index is 12.8. The van der Waals surface area contributed by atoms with Gasteiger partial charge in [0.1, 0.15) is 5.75 Å². The van der Waals surface area contributed by atoms with E-state index in [0.29, 0.717) is 17.5 Å². The normalized spacial score (nSPS) is 12.3. The minimum absolute atomic E-state index is 0.0948. The van der Waals surface area contributed by atoms with Crippen molar-refractivity contribution in [2.45, 2.75) is 19.4 Å². The first-order chi connectivity index (χ1) is 14.4. The fourth-order valence-corrected chi connectivity index (χ4v) is 3.84. The number of benzene rings is 2. The maximum Gasteiger partial charge on any atom is 0.282 e. The molecule has 7 heteroatoms. The lowest BCUT2D eigenvalue weighted by Crippen LogP contribution is -2.39. The molecule has 4 rings (SSSR count). The monoisotopic (exact) mass is 404 g/mol. The van der Waals surface area contributed by atoms with Crippen molar-refractivity contribution in [3.63, 3.8) is 0 Å². The lowest BCUT2D eigenvalue weighted by atomic mass is 10.1. The van der Waals surface area contributed by atoms with Crippen LogP contribution in [0.2, 0.25) is 0 Å². The molecule has 0 aliphatic rings. The van der Waals surface area contributed by atoms with E-state index in [1.54, 1.807) is 20.2 Å². The molecule has 30 heavy (non-hydrogen) atoms. The van der Waals surface area contributed by atoms with E-state index >= 15 is 0 Å². The van der Waals surface area contributed by atoms with Crippen LogP contribution in [0.1, 0.15) is 23.0 Å². The van der Waals surface area contributed by atoms with Crippen LogP contribution in [-0.4, -0.2) is 33.2 Å². The van der Waals surface area contributed by atoms with Gasteiger partial charge in [-0.2, -0.15) is 0 Å². The van der Waals surface area contributed by atoms with Gasteiger partial charge in [0.15, 0.2) is 5.69 Å². The Bertz CT molecular complexity index is 1320. The number of fused-ring (bicyclic) bond motifs is 2. The first kappa shape index (κ1) is 19.7. The number of hydrogen-bond donors (Lipinski definition) is 1. The molecule has 0 radical (unpaired) electrons. The van der Waals surface area contributed by atoms with Gasteiger partial charge in [-0.25, -0.2) is 4.98 Å². The Morgan fingerprint density at radius 2 is 1.93 bits per heavy atom. The summed E-state index contributed by atoms with van der Waals surface area (Å²) in [5.74, 6) is 0.321. The molecule has 2 aromatic heterocycles. The van der Waals surface area contributed by atoms with Crippen molar-refractivity contribution in [1.29, 1.82) is 0 Å². The van der Waals surface area contributed by atoms with Crippen molar-refractivity contribution in [3.8, 4) is 5.75 Å².